The van der Waals surface area contributed by atoms with Crippen molar-refractivity contribution in [2.45, 2.75) is 6.42 Å². The zero-order chi connectivity index (χ0) is 10.4. The van der Waals surface area contributed by atoms with E-state index in [1.54, 1.807) is 0 Å². The van der Waals surface area contributed by atoms with Gasteiger partial charge in [-0.2, -0.15) is 0 Å². The summed E-state index contributed by atoms with van der Waals surface area (Å²) in [7, 11) is 1.94. The Hall–Kier alpha value is -1.55. The molecule has 1 amide bonds. The molecule has 3 N–H and O–H groups in total. The number of nitrogens with two attached hydrogens (primary N) is 1. The van der Waals surface area contributed by atoms with Crippen molar-refractivity contribution in [1.82, 2.24) is 5.43 Å². The monoisotopic (exact) mass is 193 g/mol. The molecule has 0 unspecified atom stereocenters. The van der Waals surface area contributed by atoms with Crippen molar-refractivity contribution in [3.05, 3.63) is 30.3 Å². The Balaban J connectivity index is 2.43. The van der Waals surface area contributed by atoms with Gasteiger partial charge >= 0.3 is 0 Å². The van der Waals surface area contributed by atoms with Crippen molar-refractivity contribution in [2.75, 3.05) is 18.5 Å². The van der Waals surface area contributed by atoms with Crippen molar-refractivity contribution in [1.29, 1.82) is 0 Å². The van der Waals surface area contributed by atoms with E-state index < -0.39 is 0 Å². The zero-order valence-corrected chi connectivity index (χ0v) is 8.23. The van der Waals surface area contributed by atoms with E-state index in [0.29, 0.717) is 13.0 Å². The van der Waals surface area contributed by atoms with E-state index in [1.165, 1.54) is 0 Å². The standard InChI is InChI=1S/C10H15N3O/c1-13(8-7-10(14)12-11)9-5-3-2-4-6-9/h2-6H,7-8,11H2,1H3,(H,12,14). The van der Waals surface area contributed by atoms with Crippen LogP contribution in [0, 0.1) is 0 Å². The summed E-state index contributed by atoms with van der Waals surface area (Å²) < 4.78 is 0. The molecule has 1 aromatic carbocycles. The van der Waals surface area contributed by atoms with Gasteiger partial charge in [0.15, 0.2) is 0 Å². The molecule has 0 aromatic heterocycles. The smallest absolute Gasteiger partial charge is 0.235 e. The molecule has 0 aliphatic rings. The fourth-order valence-corrected chi connectivity index (χ4v) is 1.15. The predicted octanol–water partition coefficient (Wildman–Crippen LogP) is 0.503. The third-order valence-corrected chi connectivity index (χ3v) is 2.03. The minimum absolute atomic E-state index is 0.146. The number of nitrogens with zero attached hydrogens (tertiary/aromatic N) is 1. The molecular formula is C10H15N3O. The highest BCUT2D eigenvalue weighted by atomic mass is 16.2. The SMILES string of the molecule is CN(CCC(=O)NN)c1ccccc1. The summed E-state index contributed by atoms with van der Waals surface area (Å²) in [5, 5.41) is 0. The molecule has 0 fully saturated rings. The maximum atomic E-state index is 10.9. The van der Waals surface area contributed by atoms with Gasteiger partial charge in [-0.3, -0.25) is 10.2 Å². The van der Waals surface area contributed by atoms with E-state index in [9.17, 15) is 4.79 Å². The van der Waals surface area contributed by atoms with Crippen LogP contribution < -0.4 is 16.2 Å². The second-order valence-electron chi connectivity index (χ2n) is 3.07. The minimum atomic E-state index is -0.146. The Labute approximate surface area is 83.7 Å². The molecule has 4 heteroatoms. The summed E-state index contributed by atoms with van der Waals surface area (Å²) >= 11 is 0. The number of hydrazine groups is 1. The summed E-state index contributed by atoms with van der Waals surface area (Å²) in [6.07, 6.45) is 0.405. The van der Waals surface area contributed by atoms with E-state index in [1.807, 2.05) is 42.3 Å². The van der Waals surface area contributed by atoms with Gasteiger partial charge in [0.05, 0.1) is 0 Å². The second-order valence-corrected chi connectivity index (χ2v) is 3.07. The summed E-state index contributed by atoms with van der Waals surface area (Å²) in [5.74, 6) is 4.83. The van der Waals surface area contributed by atoms with E-state index >= 15 is 0 Å². The lowest BCUT2D eigenvalue weighted by molar-refractivity contribution is -0.120. The number of anilines is 1. The first-order chi connectivity index (χ1) is 6.74. The van der Waals surface area contributed by atoms with E-state index in [2.05, 4.69) is 5.43 Å². The maximum Gasteiger partial charge on any atom is 0.235 e. The molecule has 0 aliphatic carbocycles. The van der Waals surface area contributed by atoms with Gasteiger partial charge in [0.2, 0.25) is 5.91 Å². The molecule has 0 bridgehead atoms. The van der Waals surface area contributed by atoms with Crippen LogP contribution in [0.2, 0.25) is 0 Å². The van der Waals surface area contributed by atoms with Gasteiger partial charge < -0.3 is 4.90 Å². The van der Waals surface area contributed by atoms with Crippen LogP contribution in [0.25, 0.3) is 0 Å². The average Bonchev–Trinajstić information content (AvgIpc) is 2.26. The van der Waals surface area contributed by atoms with Crippen molar-refractivity contribution in [3.8, 4) is 0 Å². The van der Waals surface area contributed by atoms with Crippen molar-refractivity contribution < 1.29 is 4.79 Å². The molecule has 1 rings (SSSR count). The van der Waals surface area contributed by atoms with Crippen LogP contribution in [-0.2, 0) is 4.79 Å². The Bertz CT molecular complexity index is 287. The zero-order valence-electron chi connectivity index (χ0n) is 8.23. The van der Waals surface area contributed by atoms with E-state index in [0.717, 1.165) is 5.69 Å². The van der Waals surface area contributed by atoms with Crippen LogP contribution in [-0.4, -0.2) is 19.5 Å². The Morgan fingerprint density at radius 2 is 2.07 bits per heavy atom. The van der Waals surface area contributed by atoms with Gasteiger partial charge in [0.25, 0.3) is 0 Å². The largest absolute Gasteiger partial charge is 0.374 e. The highest BCUT2D eigenvalue weighted by molar-refractivity contribution is 5.75. The number of hydrogen-bond donors (Lipinski definition) is 2. The first kappa shape index (κ1) is 10.5. The Morgan fingerprint density at radius 3 is 2.64 bits per heavy atom. The second kappa shape index (κ2) is 5.24. The molecule has 0 spiro atoms. The quantitative estimate of drug-likeness (QED) is 0.416. The molecule has 4 nitrogen and oxygen atoms in total. The molecule has 1 aromatic rings. The van der Waals surface area contributed by atoms with Gasteiger partial charge in [-0.25, -0.2) is 5.84 Å². The highest BCUT2D eigenvalue weighted by Gasteiger charge is 2.02. The van der Waals surface area contributed by atoms with Gasteiger partial charge in [0.1, 0.15) is 0 Å². The molecular weight excluding hydrogens is 178 g/mol. The lowest BCUT2D eigenvalue weighted by Crippen LogP contribution is -2.33. The number of amides is 1. The van der Waals surface area contributed by atoms with Crippen LogP contribution in [0.3, 0.4) is 0 Å². The molecule has 0 aliphatic heterocycles. The third kappa shape index (κ3) is 3.06. The number of para-hydroxylation sites is 1. The van der Waals surface area contributed by atoms with Crippen LogP contribution in [0.15, 0.2) is 30.3 Å². The molecule has 0 saturated heterocycles. The van der Waals surface area contributed by atoms with Crippen molar-refractivity contribution >= 4 is 11.6 Å². The number of carbonyl (C=O) groups excluding carboxylic acids is 1. The number of carbonyl (C=O) groups is 1. The molecule has 0 radical (unpaired) electrons. The minimum Gasteiger partial charge on any atom is -0.374 e. The van der Waals surface area contributed by atoms with E-state index in [-0.39, 0.29) is 5.91 Å². The molecule has 0 saturated carbocycles. The Kier molecular flexibility index (Phi) is 3.94. The highest BCUT2D eigenvalue weighted by Crippen LogP contribution is 2.10. The molecule has 76 valence electrons. The normalized spacial score (nSPS) is 9.57. The third-order valence-electron chi connectivity index (χ3n) is 2.03. The van der Waals surface area contributed by atoms with Crippen LogP contribution in [0.1, 0.15) is 6.42 Å². The fraction of sp³-hybridized carbons (Fsp3) is 0.300. The summed E-state index contributed by atoms with van der Waals surface area (Å²) in [4.78, 5) is 12.9. The van der Waals surface area contributed by atoms with E-state index in [4.69, 9.17) is 5.84 Å². The fourth-order valence-electron chi connectivity index (χ4n) is 1.15. The summed E-state index contributed by atoms with van der Waals surface area (Å²) in [6.45, 7) is 0.660. The van der Waals surface area contributed by atoms with Crippen molar-refractivity contribution in [2.24, 2.45) is 5.84 Å². The first-order valence-corrected chi connectivity index (χ1v) is 4.49. The topological polar surface area (TPSA) is 58.4 Å². The Morgan fingerprint density at radius 1 is 1.43 bits per heavy atom. The number of benzene rings is 1. The molecule has 14 heavy (non-hydrogen) atoms. The van der Waals surface area contributed by atoms with Crippen LogP contribution in [0.4, 0.5) is 5.69 Å². The molecule has 0 heterocycles. The average molecular weight is 193 g/mol. The summed E-state index contributed by atoms with van der Waals surface area (Å²) in [5.41, 5.74) is 3.20. The lowest BCUT2D eigenvalue weighted by Gasteiger charge is -2.18. The van der Waals surface area contributed by atoms with Gasteiger partial charge in [0, 0.05) is 25.7 Å². The lowest BCUT2D eigenvalue weighted by atomic mass is 10.3. The number of hydrogen-bond acceptors (Lipinski definition) is 3. The van der Waals surface area contributed by atoms with Gasteiger partial charge in [-0.1, -0.05) is 18.2 Å². The maximum absolute atomic E-state index is 10.9. The first-order valence-electron chi connectivity index (χ1n) is 4.49. The predicted molar refractivity (Wildman–Crippen MR) is 56.7 cm³/mol. The number of rotatable bonds is 4. The van der Waals surface area contributed by atoms with Crippen molar-refractivity contribution in [3.63, 3.8) is 0 Å². The van der Waals surface area contributed by atoms with Crippen LogP contribution >= 0.6 is 0 Å². The van der Waals surface area contributed by atoms with Gasteiger partial charge in [-0.15, -0.1) is 0 Å². The molecule has 0 atom stereocenters. The van der Waals surface area contributed by atoms with Gasteiger partial charge in [-0.05, 0) is 12.1 Å². The summed E-state index contributed by atoms with van der Waals surface area (Å²) in [6, 6.07) is 9.90. The number of nitrogens with one attached hydrogen (secondary N) is 1. The van der Waals surface area contributed by atoms with Crippen LogP contribution in [0.5, 0.6) is 0 Å².